The first-order valence-electron chi connectivity index (χ1n) is 9.86. The van der Waals surface area contributed by atoms with Crippen LogP contribution in [0.2, 0.25) is 0 Å². The summed E-state index contributed by atoms with van der Waals surface area (Å²) in [5, 5.41) is 4.07. The SMILES string of the molecule is CN=C/C(=C(/C)N)c1cnc(N)c(-c2cc(NS(=O)c3cnn(C)c3)c(OC)c(OC)c2)c1. The van der Waals surface area contributed by atoms with E-state index in [0.717, 1.165) is 11.1 Å². The molecule has 0 fully saturated rings. The average molecular weight is 470 g/mol. The van der Waals surface area contributed by atoms with Gasteiger partial charge in [0.05, 0.1) is 31.0 Å². The van der Waals surface area contributed by atoms with Gasteiger partial charge in [0, 0.05) is 55.1 Å². The lowest BCUT2D eigenvalue weighted by Gasteiger charge is -2.17. The minimum Gasteiger partial charge on any atom is -0.493 e. The van der Waals surface area contributed by atoms with Gasteiger partial charge in [0.15, 0.2) is 22.5 Å². The van der Waals surface area contributed by atoms with E-state index in [1.807, 2.05) is 6.07 Å². The molecule has 0 aliphatic rings. The predicted octanol–water partition coefficient (Wildman–Crippen LogP) is 2.61. The largest absolute Gasteiger partial charge is 0.493 e. The van der Waals surface area contributed by atoms with Crippen LogP contribution in [-0.4, -0.2) is 46.5 Å². The van der Waals surface area contributed by atoms with Gasteiger partial charge in [-0.3, -0.25) is 14.4 Å². The average Bonchev–Trinajstić information content (AvgIpc) is 3.23. The number of aryl methyl sites for hydroxylation is 1. The highest BCUT2D eigenvalue weighted by molar-refractivity contribution is 7.86. The first-order chi connectivity index (χ1) is 15.8. The molecule has 0 radical (unpaired) electrons. The van der Waals surface area contributed by atoms with Gasteiger partial charge in [-0.2, -0.15) is 5.10 Å². The Kier molecular flexibility index (Phi) is 7.34. The van der Waals surface area contributed by atoms with Gasteiger partial charge in [0.25, 0.3) is 0 Å². The van der Waals surface area contributed by atoms with Crippen molar-refractivity contribution >= 4 is 34.3 Å². The summed E-state index contributed by atoms with van der Waals surface area (Å²) in [5.41, 5.74) is 16.2. The van der Waals surface area contributed by atoms with Gasteiger partial charge in [0.1, 0.15) is 5.82 Å². The molecule has 3 rings (SSSR count). The maximum Gasteiger partial charge on any atom is 0.184 e. The van der Waals surface area contributed by atoms with Crippen molar-refractivity contribution in [3.63, 3.8) is 0 Å². The molecule has 0 bridgehead atoms. The number of nitrogens with zero attached hydrogens (tertiary/aromatic N) is 4. The molecule has 0 aliphatic carbocycles. The Hall–Kier alpha value is -3.86. The number of nitrogen functional groups attached to an aromatic ring is 1. The molecule has 1 unspecified atom stereocenters. The molecular formula is C22H27N7O3S. The summed E-state index contributed by atoms with van der Waals surface area (Å²) in [6.07, 6.45) is 6.51. The highest BCUT2D eigenvalue weighted by atomic mass is 32.2. The number of anilines is 2. The van der Waals surface area contributed by atoms with Gasteiger partial charge in [-0.15, -0.1) is 0 Å². The van der Waals surface area contributed by atoms with Crippen LogP contribution in [0.5, 0.6) is 11.5 Å². The smallest absolute Gasteiger partial charge is 0.184 e. The van der Waals surface area contributed by atoms with E-state index in [1.54, 1.807) is 56.4 Å². The van der Waals surface area contributed by atoms with Crippen LogP contribution >= 0.6 is 0 Å². The number of methoxy groups -OCH3 is 2. The van der Waals surface area contributed by atoms with Crippen LogP contribution in [0.4, 0.5) is 11.5 Å². The third-order valence-electron chi connectivity index (χ3n) is 4.80. The first kappa shape index (κ1) is 23.8. The predicted molar refractivity (Wildman–Crippen MR) is 132 cm³/mol. The Bertz CT molecular complexity index is 1250. The number of pyridine rings is 1. The van der Waals surface area contributed by atoms with E-state index in [4.69, 9.17) is 20.9 Å². The quantitative estimate of drug-likeness (QED) is 0.430. The van der Waals surface area contributed by atoms with Gasteiger partial charge in [0.2, 0.25) is 0 Å². The molecule has 5 N–H and O–H groups in total. The van der Waals surface area contributed by atoms with Crippen LogP contribution in [0, 0.1) is 0 Å². The number of hydrogen-bond acceptors (Lipinski definition) is 8. The summed E-state index contributed by atoms with van der Waals surface area (Å²) in [5.74, 6) is 1.15. The molecule has 0 spiro atoms. The second-order valence-corrected chi connectivity index (χ2v) is 8.33. The van der Waals surface area contributed by atoms with Gasteiger partial charge < -0.3 is 20.9 Å². The number of ether oxygens (including phenoxy) is 2. The highest BCUT2D eigenvalue weighted by Crippen LogP contribution is 2.41. The molecule has 0 amide bonds. The van der Waals surface area contributed by atoms with E-state index in [9.17, 15) is 4.21 Å². The molecule has 2 aromatic heterocycles. The molecule has 11 heteroatoms. The summed E-state index contributed by atoms with van der Waals surface area (Å²) in [6.45, 7) is 1.79. The lowest BCUT2D eigenvalue weighted by Crippen LogP contribution is -2.07. The van der Waals surface area contributed by atoms with Crippen LogP contribution in [0.25, 0.3) is 16.7 Å². The molecular weight excluding hydrogens is 442 g/mol. The van der Waals surface area contributed by atoms with Crippen LogP contribution in [0.15, 0.2) is 52.4 Å². The van der Waals surface area contributed by atoms with Crippen LogP contribution < -0.4 is 25.7 Å². The summed E-state index contributed by atoms with van der Waals surface area (Å²) in [7, 11) is 4.88. The van der Waals surface area contributed by atoms with E-state index < -0.39 is 11.0 Å². The number of nitrogens with two attached hydrogens (primary N) is 2. The van der Waals surface area contributed by atoms with Crippen molar-refractivity contribution in [2.75, 3.05) is 31.7 Å². The number of allylic oxidation sites excluding steroid dienone is 2. The summed E-state index contributed by atoms with van der Waals surface area (Å²) in [4.78, 5) is 8.93. The molecule has 3 aromatic rings. The summed E-state index contributed by atoms with van der Waals surface area (Å²) in [6, 6.07) is 5.43. The molecule has 2 heterocycles. The zero-order chi connectivity index (χ0) is 24.1. The maximum absolute atomic E-state index is 12.9. The van der Waals surface area contributed by atoms with E-state index in [2.05, 4.69) is 19.8 Å². The van der Waals surface area contributed by atoms with Crippen LogP contribution in [-0.2, 0) is 18.0 Å². The fourth-order valence-corrected chi connectivity index (χ4v) is 4.10. The third kappa shape index (κ3) is 5.14. The van der Waals surface area contributed by atoms with Gasteiger partial charge in [-0.25, -0.2) is 9.19 Å². The Balaban J connectivity index is 2.14. The Morgan fingerprint density at radius 3 is 2.58 bits per heavy atom. The van der Waals surface area contributed by atoms with Crippen molar-refractivity contribution < 1.29 is 13.7 Å². The third-order valence-corrected chi connectivity index (χ3v) is 5.84. The number of hydrogen-bond donors (Lipinski definition) is 3. The second-order valence-electron chi connectivity index (χ2n) is 7.12. The standard InChI is InChI=1S/C22H27N7O3S/c1-13(23)18(11-25-2)15-6-17(22(24)26-9-15)14-7-19(21(32-5)20(8-14)31-4)28-33(30)16-10-27-29(3)12-16/h6-12,28H,23H2,1-5H3,(H2,24,26)/b18-13+,25-11?. The van der Waals surface area contributed by atoms with Gasteiger partial charge in [-0.1, -0.05) is 0 Å². The van der Waals surface area contributed by atoms with Crippen molar-refractivity contribution in [3.05, 3.63) is 48.1 Å². The fourth-order valence-electron chi connectivity index (χ4n) is 3.24. The topological polar surface area (TPSA) is 143 Å². The second kappa shape index (κ2) is 10.2. The van der Waals surface area contributed by atoms with E-state index in [1.165, 1.54) is 20.4 Å². The molecule has 174 valence electrons. The van der Waals surface area contributed by atoms with E-state index in [0.29, 0.717) is 44.7 Å². The van der Waals surface area contributed by atoms with Crippen molar-refractivity contribution in [2.24, 2.45) is 17.8 Å². The monoisotopic (exact) mass is 469 g/mol. The first-order valence-corrected chi connectivity index (χ1v) is 11.0. The maximum atomic E-state index is 12.9. The Morgan fingerprint density at radius 2 is 2.00 bits per heavy atom. The van der Waals surface area contributed by atoms with Gasteiger partial charge in [-0.05, 0) is 30.7 Å². The van der Waals surface area contributed by atoms with Crippen molar-refractivity contribution in [3.8, 4) is 22.6 Å². The van der Waals surface area contributed by atoms with Crippen LogP contribution in [0.3, 0.4) is 0 Å². The molecule has 0 aliphatic heterocycles. The number of nitrogens with one attached hydrogen (secondary N) is 1. The lowest BCUT2D eigenvalue weighted by molar-refractivity contribution is 0.356. The lowest BCUT2D eigenvalue weighted by atomic mass is 9.99. The molecule has 1 atom stereocenters. The summed E-state index contributed by atoms with van der Waals surface area (Å²) >= 11 is 0. The summed E-state index contributed by atoms with van der Waals surface area (Å²) < 4.78 is 28.5. The highest BCUT2D eigenvalue weighted by Gasteiger charge is 2.18. The molecule has 1 aromatic carbocycles. The van der Waals surface area contributed by atoms with Crippen LogP contribution in [0.1, 0.15) is 12.5 Å². The number of aromatic nitrogens is 3. The number of aliphatic imine (C=N–C) groups is 1. The van der Waals surface area contributed by atoms with Crippen molar-refractivity contribution in [1.29, 1.82) is 0 Å². The Labute approximate surface area is 194 Å². The van der Waals surface area contributed by atoms with E-state index >= 15 is 0 Å². The molecule has 0 saturated heterocycles. The van der Waals surface area contributed by atoms with Crippen molar-refractivity contribution in [2.45, 2.75) is 11.8 Å². The minimum atomic E-state index is -1.58. The van der Waals surface area contributed by atoms with Crippen molar-refractivity contribution in [1.82, 2.24) is 14.8 Å². The zero-order valence-corrected chi connectivity index (χ0v) is 19.9. The van der Waals surface area contributed by atoms with E-state index in [-0.39, 0.29) is 0 Å². The minimum absolute atomic E-state index is 0.313. The Morgan fingerprint density at radius 1 is 1.24 bits per heavy atom. The molecule has 33 heavy (non-hydrogen) atoms. The van der Waals surface area contributed by atoms with Gasteiger partial charge >= 0.3 is 0 Å². The number of benzene rings is 1. The molecule has 10 nitrogen and oxygen atoms in total. The normalized spacial score (nSPS) is 13.0. The molecule has 0 saturated carbocycles. The fraction of sp³-hybridized carbons (Fsp3) is 0.227. The zero-order valence-electron chi connectivity index (χ0n) is 19.1. The number of rotatable bonds is 8.